The van der Waals surface area contributed by atoms with E-state index in [2.05, 4.69) is 46.9 Å². The number of anilines is 1. The van der Waals surface area contributed by atoms with Crippen LogP contribution in [0.1, 0.15) is 50.4 Å². The predicted octanol–water partition coefficient (Wildman–Crippen LogP) is 3.08. The van der Waals surface area contributed by atoms with Gasteiger partial charge in [-0.3, -0.25) is 4.90 Å². The minimum atomic E-state index is -0.133. The molecule has 0 radical (unpaired) electrons. The van der Waals surface area contributed by atoms with Crippen molar-refractivity contribution in [1.82, 2.24) is 20.1 Å². The maximum atomic E-state index is 13.1. The van der Waals surface area contributed by atoms with Crippen molar-refractivity contribution in [3.05, 3.63) is 41.5 Å². The zero-order valence-corrected chi connectivity index (χ0v) is 15.1. The van der Waals surface area contributed by atoms with Gasteiger partial charge in [0.15, 0.2) is 5.82 Å². The Morgan fingerprint density at radius 2 is 2.08 bits per heavy atom. The monoisotopic (exact) mass is 339 g/mol. The number of hydrogen-bond acceptors (Lipinski definition) is 3. The van der Waals surface area contributed by atoms with Gasteiger partial charge in [-0.05, 0) is 37.3 Å². The van der Waals surface area contributed by atoms with Gasteiger partial charge in [-0.1, -0.05) is 32.0 Å². The molecular formula is C19H25N5O. The van der Waals surface area contributed by atoms with Gasteiger partial charge in [0, 0.05) is 24.7 Å². The number of benzene rings is 1. The Labute approximate surface area is 148 Å². The summed E-state index contributed by atoms with van der Waals surface area (Å²) < 4.78 is 2.17. The van der Waals surface area contributed by atoms with E-state index in [0.29, 0.717) is 0 Å². The van der Waals surface area contributed by atoms with E-state index in [1.54, 1.807) is 0 Å². The number of nitrogens with zero attached hydrogens (tertiary/aromatic N) is 4. The summed E-state index contributed by atoms with van der Waals surface area (Å²) in [4.78, 5) is 15.0. The van der Waals surface area contributed by atoms with E-state index in [4.69, 9.17) is 0 Å². The molecule has 1 aromatic carbocycles. The molecule has 0 saturated heterocycles. The Balaban J connectivity index is 1.60. The van der Waals surface area contributed by atoms with Crippen LogP contribution in [0, 0.1) is 5.92 Å². The second kappa shape index (κ2) is 6.17. The van der Waals surface area contributed by atoms with Gasteiger partial charge >= 0.3 is 6.03 Å². The van der Waals surface area contributed by atoms with Crippen molar-refractivity contribution in [1.29, 1.82) is 0 Å². The van der Waals surface area contributed by atoms with E-state index in [-0.39, 0.29) is 24.0 Å². The van der Waals surface area contributed by atoms with Gasteiger partial charge in [0.1, 0.15) is 5.82 Å². The molecule has 0 bridgehead atoms. The van der Waals surface area contributed by atoms with Crippen molar-refractivity contribution in [2.24, 2.45) is 5.92 Å². The van der Waals surface area contributed by atoms with Crippen molar-refractivity contribution in [3.8, 4) is 0 Å². The number of rotatable bonds is 3. The Morgan fingerprint density at radius 3 is 2.88 bits per heavy atom. The van der Waals surface area contributed by atoms with Crippen molar-refractivity contribution in [2.45, 2.75) is 58.7 Å². The molecule has 2 amide bonds. The van der Waals surface area contributed by atoms with Gasteiger partial charge in [0.25, 0.3) is 0 Å². The molecule has 2 aromatic rings. The van der Waals surface area contributed by atoms with Gasteiger partial charge < -0.3 is 9.88 Å². The molecule has 6 heteroatoms. The number of aromatic nitrogens is 3. The molecule has 0 fully saturated rings. The molecule has 0 unspecified atom stereocenters. The van der Waals surface area contributed by atoms with Crippen LogP contribution in [0.25, 0.3) is 0 Å². The number of aryl methyl sites for hydroxylation is 1. The molecular weight excluding hydrogens is 314 g/mol. The minimum Gasteiger partial charge on any atom is -0.327 e. The molecule has 2 atom stereocenters. The van der Waals surface area contributed by atoms with E-state index in [1.165, 1.54) is 5.56 Å². The number of para-hydroxylation sites is 1. The normalized spacial score (nSPS) is 19.8. The second-order valence-electron chi connectivity index (χ2n) is 7.45. The van der Waals surface area contributed by atoms with Gasteiger partial charge in [-0.15, -0.1) is 10.2 Å². The summed E-state index contributed by atoms with van der Waals surface area (Å²) in [5.41, 5.74) is 2.25. The molecule has 132 valence electrons. The van der Waals surface area contributed by atoms with Crippen molar-refractivity contribution < 1.29 is 4.79 Å². The van der Waals surface area contributed by atoms with Crippen molar-refractivity contribution in [2.75, 3.05) is 4.90 Å². The maximum absolute atomic E-state index is 13.1. The SMILES string of the molecule is CC(C)[C@H](NC(=O)N1c2ccccc2C[C@@H]1C)c1nnc2n1CCC2. The standard InChI is InChI=1S/C19H25N5O/c1-12(2)17(18-22-21-16-9-6-10-23(16)18)20-19(25)24-13(3)11-14-7-4-5-8-15(14)24/h4-5,7-8,12-13,17H,6,9-11H2,1-3H3,(H,20,25)/t13-,17-/m0/s1. The zero-order valence-electron chi connectivity index (χ0n) is 15.1. The first-order valence-corrected chi connectivity index (χ1v) is 9.16. The molecule has 2 aliphatic heterocycles. The third-order valence-corrected chi connectivity index (χ3v) is 5.29. The smallest absolute Gasteiger partial charge is 0.322 e. The Bertz CT molecular complexity index is 797. The number of carbonyl (C=O) groups is 1. The third-order valence-electron chi connectivity index (χ3n) is 5.29. The fourth-order valence-corrected chi connectivity index (χ4v) is 4.01. The largest absolute Gasteiger partial charge is 0.327 e. The lowest BCUT2D eigenvalue weighted by molar-refractivity contribution is 0.236. The molecule has 3 heterocycles. The number of urea groups is 1. The summed E-state index contributed by atoms with van der Waals surface area (Å²) >= 11 is 0. The van der Waals surface area contributed by atoms with Gasteiger partial charge in [0.2, 0.25) is 0 Å². The van der Waals surface area contributed by atoms with Crippen LogP contribution in [0.5, 0.6) is 0 Å². The van der Waals surface area contributed by atoms with Crippen molar-refractivity contribution >= 4 is 11.7 Å². The van der Waals surface area contributed by atoms with E-state index in [9.17, 15) is 4.79 Å². The minimum absolute atomic E-state index is 0.0495. The summed E-state index contributed by atoms with van der Waals surface area (Å²) in [6.07, 6.45) is 2.98. The molecule has 0 spiro atoms. The van der Waals surface area contributed by atoms with Gasteiger partial charge in [0.05, 0.1) is 6.04 Å². The molecule has 6 nitrogen and oxygen atoms in total. The third kappa shape index (κ3) is 2.69. The van der Waals surface area contributed by atoms with Gasteiger partial charge in [-0.2, -0.15) is 0 Å². The van der Waals surface area contributed by atoms with Crippen LogP contribution >= 0.6 is 0 Å². The highest BCUT2D eigenvalue weighted by Gasteiger charge is 2.34. The lowest BCUT2D eigenvalue weighted by Gasteiger charge is -2.28. The lowest BCUT2D eigenvalue weighted by Crippen LogP contribution is -2.46. The molecule has 0 saturated carbocycles. The molecule has 2 aliphatic rings. The number of hydrogen-bond donors (Lipinski definition) is 1. The fraction of sp³-hybridized carbons (Fsp3) is 0.526. The second-order valence-corrected chi connectivity index (χ2v) is 7.45. The first kappa shape index (κ1) is 16.1. The quantitative estimate of drug-likeness (QED) is 0.935. The number of amides is 2. The van der Waals surface area contributed by atoms with Crippen molar-refractivity contribution in [3.63, 3.8) is 0 Å². The summed E-state index contributed by atoms with van der Waals surface area (Å²) in [6.45, 7) is 7.27. The summed E-state index contributed by atoms with van der Waals surface area (Å²) in [5.74, 6) is 2.16. The highest BCUT2D eigenvalue weighted by Crippen LogP contribution is 2.33. The van der Waals surface area contributed by atoms with Crippen LogP contribution in [0.4, 0.5) is 10.5 Å². The molecule has 4 rings (SSSR count). The lowest BCUT2D eigenvalue weighted by atomic mass is 10.0. The molecule has 25 heavy (non-hydrogen) atoms. The molecule has 0 aliphatic carbocycles. The van der Waals surface area contributed by atoms with E-state index >= 15 is 0 Å². The fourth-order valence-electron chi connectivity index (χ4n) is 4.01. The van der Waals surface area contributed by atoms with Crippen LogP contribution in [0.15, 0.2) is 24.3 Å². The van der Waals surface area contributed by atoms with E-state index in [1.807, 2.05) is 23.1 Å². The Hall–Kier alpha value is -2.37. The van der Waals surface area contributed by atoms with Crippen LogP contribution in [-0.2, 0) is 19.4 Å². The van der Waals surface area contributed by atoms with Crippen LogP contribution in [0.3, 0.4) is 0 Å². The highest BCUT2D eigenvalue weighted by atomic mass is 16.2. The maximum Gasteiger partial charge on any atom is 0.322 e. The Kier molecular flexibility index (Phi) is 3.98. The molecule has 1 N–H and O–H groups in total. The first-order valence-electron chi connectivity index (χ1n) is 9.16. The average Bonchev–Trinajstić information content (AvgIpc) is 3.25. The Morgan fingerprint density at radius 1 is 1.28 bits per heavy atom. The van der Waals surface area contributed by atoms with E-state index < -0.39 is 0 Å². The number of nitrogens with one attached hydrogen (secondary N) is 1. The van der Waals surface area contributed by atoms with E-state index in [0.717, 1.165) is 43.1 Å². The van der Waals surface area contributed by atoms with Crippen LogP contribution in [-0.4, -0.2) is 26.8 Å². The van der Waals surface area contributed by atoms with Crippen LogP contribution in [0.2, 0.25) is 0 Å². The first-order chi connectivity index (χ1) is 12.1. The highest BCUT2D eigenvalue weighted by molar-refractivity contribution is 5.95. The predicted molar refractivity (Wildman–Crippen MR) is 96.5 cm³/mol. The van der Waals surface area contributed by atoms with Gasteiger partial charge in [-0.25, -0.2) is 4.79 Å². The summed E-state index contributed by atoms with van der Waals surface area (Å²) in [5, 5.41) is 11.9. The number of fused-ring (bicyclic) bond motifs is 2. The summed E-state index contributed by atoms with van der Waals surface area (Å²) in [6, 6.07) is 8.13. The number of carbonyl (C=O) groups excluding carboxylic acids is 1. The zero-order chi connectivity index (χ0) is 17.6. The summed E-state index contributed by atoms with van der Waals surface area (Å²) in [7, 11) is 0. The van der Waals surface area contributed by atoms with Crippen LogP contribution < -0.4 is 10.2 Å². The average molecular weight is 339 g/mol. The molecule has 1 aromatic heterocycles. The topological polar surface area (TPSA) is 63.1 Å².